The first-order valence-corrected chi connectivity index (χ1v) is 6.35. The average molecular weight is 288 g/mol. The summed E-state index contributed by atoms with van der Waals surface area (Å²) >= 11 is 0. The fourth-order valence-corrected chi connectivity index (χ4v) is 1.41. The lowest BCUT2D eigenvalue weighted by molar-refractivity contribution is -0.140. The van der Waals surface area contributed by atoms with Gasteiger partial charge < -0.3 is 26.0 Å². The van der Waals surface area contributed by atoms with Gasteiger partial charge in [0.1, 0.15) is 6.04 Å². The molecule has 3 atom stereocenters. The Balaban J connectivity index is 4.78. The maximum absolute atomic E-state index is 12.1. The molecule has 0 aliphatic rings. The van der Waals surface area contributed by atoms with Crippen molar-refractivity contribution >= 4 is 17.7 Å². The number of nitrogens with one attached hydrogen (secondary N) is 3. The second-order valence-electron chi connectivity index (χ2n) is 4.60. The van der Waals surface area contributed by atoms with Gasteiger partial charge in [-0.2, -0.15) is 0 Å². The van der Waals surface area contributed by atoms with Crippen molar-refractivity contribution in [2.24, 2.45) is 0 Å². The van der Waals surface area contributed by atoms with Crippen molar-refractivity contribution in [3.8, 4) is 0 Å². The summed E-state index contributed by atoms with van der Waals surface area (Å²) in [6.07, 6.45) is -1.07. The van der Waals surface area contributed by atoms with Gasteiger partial charge in [0.05, 0.1) is 18.7 Å². The lowest BCUT2D eigenvalue weighted by atomic mass is 10.1. The predicted octanol–water partition coefficient (Wildman–Crippen LogP) is -2.34. The largest absolute Gasteiger partial charge is 0.391 e. The van der Waals surface area contributed by atoms with E-state index in [9.17, 15) is 19.5 Å². The highest BCUT2D eigenvalue weighted by molar-refractivity contribution is 5.92. The van der Waals surface area contributed by atoms with Gasteiger partial charge in [0.15, 0.2) is 0 Å². The average Bonchev–Trinajstić information content (AvgIpc) is 2.41. The second kappa shape index (κ2) is 8.49. The number of carbonyl (C=O) groups excluding carboxylic acids is 3. The van der Waals surface area contributed by atoms with Crippen LogP contribution in [0.4, 0.5) is 0 Å². The Morgan fingerprint density at radius 2 is 1.75 bits per heavy atom. The quantitative estimate of drug-likeness (QED) is 0.420. The Morgan fingerprint density at radius 3 is 2.15 bits per heavy atom. The highest BCUT2D eigenvalue weighted by Crippen LogP contribution is 2.00. The molecule has 8 nitrogen and oxygen atoms in total. The van der Waals surface area contributed by atoms with Crippen LogP contribution in [0.2, 0.25) is 0 Å². The summed E-state index contributed by atoms with van der Waals surface area (Å²) in [7, 11) is 4.50. The molecule has 0 radical (unpaired) electrons. The van der Waals surface area contributed by atoms with Gasteiger partial charge in [0.25, 0.3) is 0 Å². The van der Waals surface area contributed by atoms with E-state index in [-0.39, 0.29) is 12.5 Å². The molecule has 3 amide bonds. The van der Waals surface area contributed by atoms with E-state index < -0.39 is 30.0 Å². The number of aliphatic hydroxyl groups excluding tert-OH is 1. The molecule has 0 heterocycles. The van der Waals surface area contributed by atoms with E-state index in [0.717, 1.165) is 4.90 Å². The summed E-state index contributed by atoms with van der Waals surface area (Å²) in [5, 5.41) is 17.2. The SMILES string of the molecule is CNC(=O)CN(C)C(=O)[C@@H](NC(=O)[C@H](C)NC)[C@@H](C)O. The molecule has 0 bridgehead atoms. The summed E-state index contributed by atoms with van der Waals surface area (Å²) in [5.41, 5.74) is 0. The topological polar surface area (TPSA) is 111 Å². The van der Waals surface area contributed by atoms with E-state index in [0.29, 0.717) is 0 Å². The molecule has 0 aromatic heterocycles. The molecule has 0 rings (SSSR count). The van der Waals surface area contributed by atoms with Crippen molar-refractivity contribution in [3.05, 3.63) is 0 Å². The number of aliphatic hydroxyl groups is 1. The summed E-state index contributed by atoms with van der Waals surface area (Å²) in [6.45, 7) is 2.89. The molecule has 0 aromatic rings. The molecule has 0 fully saturated rings. The summed E-state index contributed by atoms with van der Waals surface area (Å²) in [6, 6.07) is -1.58. The number of carbonyl (C=O) groups is 3. The summed E-state index contributed by atoms with van der Waals surface area (Å²) in [4.78, 5) is 36.3. The van der Waals surface area contributed by atoms with Gasteiger partial charge in [-0.05, 0) is 20.9 Å². The minimum absolute atomic E-state index is 0.143. The third kappa shape index (κ3) is 5.54. The third-order valence-corrected chi connectivity index (χ3v) is 2.91. The van der Waals surface area contributed by atoms with Crippen LogP contribution in [0.3, 0.4) is 0 Å². The Bertz CT molecular complexity index is 359. The highest BCUT2D eigenvalue weighted by Gasteiger charge is 2.29. The first kappa shape index (κ1) is 18.3. The number of rotatable bonds is 7. The van der Waals surface area contributed by atoms with Gasteiger partial charge in [-0.3, -0.25) is 14.4 Å². The van der Waals surface area contributed by atoms with Gasteiger partial charge in [-0.1, -0.05) is 0 Å². The Kier molecular flexibility index (Phi) is 7.78. The van der Waals surface area contributed by atoms with Crippen molar-refractivity contribution < 1.29 is 19.5 Å². The monoisotopic (exact) mass is 288 g/mol. The Labute approximate surface area is 118 Å². The van der Waals surface area contributed by atoms with Gasteiger partial charge in [0.2, 0.25) is 17.7 Å². The van der Waals surface area contributed by atoms with Gasteiger partial charge in [0, 0.05) is 14.1 Å². The third-order valence-electron chi connectivity index (χ3n) is 2.91. The molecule has 8 heteroatoms. The zero-order valence-corrected chi connectivity index (χ0v) is 12.6. The normalized spacial score (nSPS) is 14.9. The molecule has 0 aliphatic heterocycles. The van der Waals surface area contributed by atoms with E-state index >= 15 is 0 Å². The molecule has 0 spiro atoms. The van der Waals surface area contributed by atoms with Gasteiger partial charge >= 0.3 is 0 Å². The molecule has 20 heavy (non-hydrogen) atoms. The van der Waals surface area contributed by atoms with Crippen LogP contribution in [0, 0.1) is 0 Å². The number of nitrogens with zero attached hydrogens (tertiary/aromatic N) is 1. The fraction of sp³-hybridized carbons (Fsp3) is 0.750. The maximum Gasteiger partial charge on any atom is 0.248 e. The molecule has 0 aromatic carbocycles. The molecule has 0 unspecified atom stereocenters. The van der Waals surface area contributed by atoms with Crippen LogP contribution in [0.25, 0.3) is 0 Å². The van der Waals surface area contributed by atoms with Crippen molar-refractivity contribution in [1.82, 2.24) is 20.9 Å². The van der Waals surface area contributed by atoms with Crippen molar-refractivity contribution in [2.45, 2.75) is 32.0 Å². The maximum atomic E-state index is 12.1. The van der Waals surface area contributed by atoms with Crippen LogP contribution >= 0.6 is 0 Å². The van der Waals surface area contributed by atoms with Gasteiger partial charge in [-0.25, -0.2) is 0 Å². The Hall–Kier alpha value is -1.67. The van der Waals surface area contributed by atoms with E-state index in [4.69, 9.17) is 0 Å². The van der Waals surface area contributed by atoms with E-state index in [2.05, 4.69) is 16.0 Å². The molecule has 4 N–H and O–H groups in total. The summed E-state index contributed by atoms with van der Waals surface area (Å²) < 4.78 is 0. The standard InChI is InChI=1S/C12H24N4O4/c1-7(13-3)11(19)15-10(8(2)17)12(20)16(5)6-9(18)14-4/h7-8,10,13,17H,6H2,1-5H3,(H,14,18)(H,15,19)/t7-,8+,10-/m0/s1. The highest BCUT2D eigenvalue weighted by atomic mass is 16.3. The van der Waals surface area contributed by atoms with Crippen LogP contribution in [0.1, 0.15) is 13.8 Å². The zero-order valence-electron chi connectivity index (χ0n) is 12.6. The number of hydrogen-bond acceptors (Lipinski definition) is 5. The number of hydrogen-bond donors (Lipinski definition) is 4. The van der Waals surface area contributed by atoms with E-state index in [1.54, 1.807) is 14.0 Å². The number of likely N-dealkylation sites (N-methyl/N-ethyl adjacent to an activating group) is 3. The Morgan fingerprint density at radius 1 is 1.20 bits per heavy atom. The molecule has 0 saturated carbocycles. The van der Waals surface area contributed by atoms with Crippen LogP contribution in [0.15, 0.2) is 0 Å². The smallest absolute Gasteiger partial charge is 0.248 e. The van der Waals surface area contributed by atoms with Crippen molar-refractivity contribution in [3.63, 3.8) is 0 Å². The van der Waals surface area contributed by atoms with Crippen molar-refractivity contribution in [2.75, 3.05) is 27.7 Å². The second-order valence-corrected chi connectivity index (χ2v) is 4.60. The van der Waals surface area contributed by atoms with Crippen LogP contribution in [-0.2, 0) is 14.4 Å². The van der Waals surface area contributed by atoms with Crippen LogP contribution < -0.4 is 16.0 Å². The first-order chi connectivity index (χ1) is 9.24. The minimum Gasteiger partial charge on any atom is -0.391 e. The van der Waals surface area contributed by atoms with E-state index in [1.165, 1.54) is 21.0 Å². The van der Waals surface area contributed by atoms with Crippen LogP contribution in [-0.4, -0.2) is 73.6 Å². The van der Waals surface area contributed by atoms with Crippen molar-refractivity contribution in [1.29, 1.82) is 0 Å². The summed E-state index contributed by atoms with van der Waals surface area (Å²) in [5.74, 6) is -1.26. The zero-order chi connectivity index (χ0) is 15.9. The molecular formula is C12H24N4O4. The van der Waals surface area contributed by atoms with Gasteiger partial charge in [-0.15, -0.1) is 0 Å². The minimum atomic E-state index is -1.09. The number of amides is 3. The molecule has 116 valence electrons. The van der Waals surface area contributed by atoms with E-state index in [1.807, 2.05) is 0 Å². The molecule has 0 saturated heterocycles. The predicted molar refractivity (Wildman–Crippen MR) is 73.8 cm³/mol. The fourth-order valence-electron chi connectivity index (χ4n) is 1.41. The molecular weight excluding hydrogens is 264 g/mol. The first-order valence-electron chi connectivity index (χ1n) is 6.35. The molecule has 0 aliphatic carbocycles. The van der Waals surface area contributed by atoms with Crippen LogP contribution in [0.5, 0.6) is 0 Å². The lowest BCUT2D eigenvalue weighted by Crippen LogP contribution is -2.56. The lowest BCUT2D eigenvalue weighted by Gasteiger charge is -2.26.